The number of phenols is 1. The first-order chi connectivity index (χ1) is 8.62. The summed E-state index contributed by atoms with van der Waals surface area (Å²) >= 11 is 3.46. The lowest BCUT2D eigenvalue weighted by Gasteiger charge is -2.13. The SMILES string of the molecule is COc1cc(O)c2c(OC)cc(OC)c(Br)c2c1. The molecule has 0 saturated carbocycles. The maximum atomic E-state index is 10.1. The standard InChI is InChI=1S/C13H13BrO4/c1-16-7-4-8-12(9(15)5-7)10(17-2)6-11(18-3)13(8)14/h4-6,15H,1-3H3. The van der Waals surface area contributed by atoms with E-state index in [1.54, 1.807) is 33.5 Å². The van der Waals surface area contributed by atoms with Crippen molar-refractivity contribution in [2.24, 2.45) is 0 Å². The van der Waals surface area contributed by atoms with Crippen LogP contribution < -0.4 is 14.2 Å². The number of hydrogen-bond donors (Lipinski definition) is 1. The van der Waals surface area contributed by atoms with E-state index in [1.807, 2.05) is 6.07 Å². The van der Waals surface area contributed by atoms with Crippen molar-refractivity contribution >= 4 is 26.7 Å². The molecule has 0 unspecified atom stereocenters. The first-order valence-electron chi connectivity index (χ1n) is 5.23. The molecule has 0 amide bonds. The first-order valence-corrected chi connectivity index (χ1v) is 6.02. The normalized spacial score (nSPS) is 10.4. The minimum Gasteiger partial charge on any atom is -0.507 e. The molecule has 2 aromatic rings. The molecule has 96 valence electrons. The van der Waals surface area contributed by atoms with Crippen molar-refractivity contribution in [3.63, 3.8) is 0 Å². The van der Waals surface area contributed by atoms with Crippen LogP contribution in [0.3, 0.4) is 0 Å². The van der Waals surface area contributed by atoms with Crippen LogP contribution in [0.5, 0.6) is 23.0 Å². The highest BCUT2D eigenvalue weighted by molar-refractivity contribution is 9.10. The van der Waals surface area contributed by atoms with Gasteiger partial charge in [-0.05, 0) is 22.0 Å². The highest BCUT2D eigenvalue weighted by Gasteiger charge is 2.16. The summed E-state index contributed by atoms with van der Waals surface area (Å²) in [6.07, 6.45) is 0. The third-order valence-electron chi connectivity index (χ3n) is 2.73. The van der Waals surface area contributed by atoms with E-state index in [0.29, 0.717) is 22.6 Å². The quantitative estimate of drug-likeness (QED) is 0.944. The fourth-order valence-corrected chi connectivity index (χ4v) is 2.44. The van der Waals surface area contributed by atoms with Gasteiger partial charge in [0.2, 0.25) is 0 Å². The Kier molecular flexibility index (Phi) is 3.52. The van der Waals surface area contributed by atoms with Gasteiger partial charge in [-0.25, -0.2) is 0 Å². The molecule has 0 spiro atoms. The minimum atomic E-state index is 0.101. The second-order valence-electron chi connectivity index (χ2n) is 3.66. The van der Waals surface area contributed by atoms with E-state index in [-0.39, 0.29) is 5.75 Å². The number of ether oxygens (including phenoxy) is 3. The molecule has 0 aliphatic heterocycles. The van der Waals surface area contributed by atoms with Gasteiger partial charge in [0, 0.05) is 17.5 Å². The summed E-state index contributed by atoms with van der Waals surface area (Å²) in [5.74, 6) is 1.85. The summed E-state index contributed by atoms with van der Waals surface area (Å²) in [6.45, 7) is 0. The van der Waals surface area contributed by atoms with E-state index in [9.17, 15) is 5.11 Å². The number of aromatic hydroxyl groups is 1. The lowest BCUT2D eigenvalue weighted by atomic mass is 10.1. The van der Waals surface area contributed by atoms with Crippen LogP contribution in [-0.4, -0.2) is 26.4 Å². The summed E-state index contributed by atoms with van der Waals surface area (Å²) in [7, 11) is 4.67. The average Bonchev–Trinajstić information content (AvgIpc) is 2.39. The van der Waals surface area contributed by atoms with Crippen molar-refractivity contribution in [3.05, 3.63) is 22.7 Å². The molecule has 5 heteroatoms. The van der Waals surface area contributed by atoms with E-state index in [4.69, 9.17) is 14.2 Å². The Morgan fingerprint density at radius 3 is 2.17 bits per heavy atom. The Morgan fingerprint density at radius 2 is 1.61 bits per heavy atom. The van der Waals surface area contributed by atoms with Crippen LogP contribution in [0.15, 0.2) is 22.7 Å². The number of halogens is 1. The third-order valence-corrected chi connectivity index (χ3v) is 3.55. The molecule has 4 nitrogen and oxygen atoms in total. The second kappa shape index (κ2) is 4.94. The first kappa shape index (κ1) is 12.8. The molecule has 0 aliphatic carbocycles. The molecule has 2 aromatic carbocycles. The van der Waals surface area contributed by atoms with Gasteiger partial charge in [0.15, 0.2) is 0 Å². The van der Waals surface area contributed by atoms with E-state index in [2.05, 4.69) is 15.9 Å². The summed E-state index contributed by atoms with van der Waals surface area (Å²) in [6, 6.07) is 5.08. The van der Waals surface area contributed by atoms with E-state index >= 15 is 0 Å². The van der Waals surface area contributed by atoms with Crippen molar-refractivity contribution in [3.8, 4) is 23.0 Å². The second-order valence-corrected chi connectivity index (χ2v) is 4.46. The van der Waals surface area contributed by atoms with Gasteiger partial charge in [0.05, 0.1) is 31.2 Å². The molecule has 0 aliphatic rings. The van der Waals surface area contributed by atoms with Crippen molar-refractivity contribution in [2.45, 2.75) is 0 Å². The number of methoxy groups -OCH3 is 3. The van der Waals surface area contributed by atoms with E-state index < -0.39 is 0 Å². The molecule has 0 aromatic heterocycles. The van der Waals surface area contributed by atoms with Crippen LogP contribution in [0.25, 0.3) is 10.8 Å². The maximum absolute atomic E-state index is 10.1. The van der Waals surface area contributed by atoms with Gasteiger partial charge in [-0.3, -0.25) is 0 Å². The monoisotopic (exact) mass is 312 g/mol. The highest BCUT2D eigenvalue weighted by atomic mass is 79.9. The molecule has 0 fully saturated rings. The predicted molar refractivity (Wildman–Crippen MR) is 73.0 cm³/mol. The largest absolute Gasteiger partial charge is 0.507 e. The van der Waals surface area contributed by atoms with Crippen molar-refractivity contribution in [1.82, 2.24) is 0 Å². The fraction of sp³-hybridized carbons (Fsp3) is 0.231. The molecule has 0 radical (unpaired) electrons. The third kappa shape index (κ3) is 1.95. The van der Waals surface area contributed by atoms with E-state index in [0.717, 1.165) is 9.86 Å². The van der Waals surface area contributed by atoms with Crippen LogP contribution in [0, 0.1) is 0 Å². The molecule has 0 heterocycles. The topological polar surface area (TPSA) is 47.9 Å². The van der Waals surface area contributed by atoms with Gasteiger partial charge in [0.25, 0.3) is 0 Å². The number of hydrogen-bond acceptors (Lipinski definition) is 4. The number of fused-ring (bicyclic) bond motifs is 1. The van der Waals surface area contributed by atoms with Crippen LogP contribution in [-0.2, 0) is 0 Å². The Morgan fingerprint density at radius 1 is 0.944 bits per heavy atom. The van der Waals surface area contributed by atoms with Gasteiger partial charge in [-0.2, -0.15) is 0 Å². The Balaban J connectivity index is 2.90. The van der Waals surface area contributed by atoms with Crippen LogP contribution in [0.2, 0.25) is 0 Å². The highest BCUT2D eigenvalue weighted by Crippen LogP contribution is 2.44. The summed E-state index contributed by atoms with van der Waals surface area (Å²) < 4.78 is 16.4. The van der Waals surface area contributed by atoms with Gasteiger partial charge in [-0.1, -0.05) is 0 Å². The zero-order valence-corrected chi connectivity index (χ0v) is 11.9. The average molecular weight is 313 g/mol. The Hall–Kier alpha value is -1.62. The van der Waals surface area contributed by atoms with Crippen molar-refractivity contribution in [1.29, 1.82) is 0 Å². The van der Waals surface area contributed by atoms with Gasteiger partial charge in [0.1, 0.15) is 23.0 Å². The molecular formula is C13H13BrO4. The number of phenolic OH excluding ortho intramolecular Hbond substituents is 1. The predicted octanol–water partition coefficient (Wildman–Crippen LogP) is 3.33. The molecule has 0 bridgehead atoms. The smallest absolute Gasteiger partial charge is 0.137 e. The summed E-state index contributed by atoms with van der Waals surface area (Å²) in [4.78, 5) is 0. The molecule has 18 heavy (non-hydrogen) atoms. The van der Waals surface area contributed by atoms with Gasteiger partial charge < -0.3 is 19.3 Å². The zero-order valence-electron chi connectivity index (χ0n) is 10.3. The van der Waals surface area contributed by atoms with Gasteiger partial charge in [-0.15, -0.1) is 0 Å². The van der Waals surface area contributed by atoms with Crippen molar-refractivity contribution < 1.29 is 19.3 Å². The lowest BCUT2D eigenvalue weighted by Crippen LogP contribution is -1.92. The summed E-state index contributed by atoms with van der Waals surface area (Å²) in [5.41, 5.74) is 0. The zero-order chi connectivity index (χ0) is 13.3. The maximum Gasteiger partial charge on any atom is 0.137 e. The fourth-order valence-electron chi connectivity index (χ4n) is 1.85. The Bertz CT molecular complexity index is 595. The Labute approximate surface area is 113 Å². The molecule has 0 atom stereocenters. The lowest BCUT2D eigenvalue weighted by molar-refractivity contribution is 0.393. The minimum absolute atomic E-state index is 0.101. The van der Waals surface area contributed by atoms with Gasteiger partial charge >= 0.3 is 0 Å². The molecular weight excluding hydrogens is 300 g/mol. The molecule has 0 saturated heterocycles. The van der Waals surface area contributed by atoms with Crippen molar-refractivity contribution in [2.75, 3.05) is 21.3 Å². The number of benzene rings is 2. The van der Waals surface area contributed by atoms with Crippen LogP contribution in [0.1, 0.15) is 0 Å². The van der Waals surface area contributed by atoms with Crippen LogP contribution in [0.4, 0.5) is 0 Å². The van der Waals surface area contributed by atoms with E-state index in [1.165, 1.54) is 0 Å². The summed E-state index contributed by atoms with van der Waals surface area (Å²) in [5, 5.41) is 11.4. The van der Waals surface area contributed by atoms with Crippen LogP contribution >= 0.6 is 15.9 Å². The number of rotatable bonds is 3. The molecule has 1 N–H and O–H groups in total. The molecule has 2 rings (SSSR count).